The first-order chi connectivity index (χ1) is 12.8. The minimum atomic E-state index is -3.56. The van der Waals surface area contributed by atoms with E-state index < -0.39 is 10.2 Å². The topological polar surface area (TPSA) is 90.2 Å². The molecule has 0 aliphatic carbocycles. The van der Waals surface area contributed by atoms with Crippen LogP contribution in [0.4, 0.5) is 0 Å². The molecule has 1 unspecified atom stereocenters. The third kappa shape index (κ3) is 4.50. The van der Waals surface area contributed by atoms with Gasteiger partial charge in [-0.2, -0.15) is 17.0 Å². The van der Waals surface area contributed by atoms with Crippen LogP contribution in [0.15, 0.2) is 10.6 Å². The van der Waals surface area contributed by atoms with Crippen molar-refractivity contribution in [3.63, 3.8) is 0 Å². The summed E-state index contributed by atoms with van der Waals surface area (Å²) in [7, 11) is -0.456. The normalized spacial score (nSPS) is 21.7. The Kier molecular flexibility index (Phi) is 6.19. The van der Waals surface area contributed by atoms with E-state index in [-0.39, 0.29) is 17.6 Å². The third-order valence-corrected chi connectivity index (χ3v) is 7.29. The fourth-order valence-electron chi connectivity index (χ4n) is 3.73. The fraction of sp³-hybridized carbons (Fsp3) is 0.765. The third-order valence-electron chi connectivity index (χ3n) is 5.30. The molecule has 0 radical (unpaired) electrons. The van der Waals surface area contributed by atoms with E-state index >= 15 is 0 Å². The molecule has 0 N–H and O–H groups in total. The number of aryl methyl sites for hydroxylation is 1. The van der Waals surface area contributed by atoms with Crippen molar-refractivity contribution in [2.24, 2.45) is 0 Å². The zero-order chi connectivity index (χ0) is 19.6. The van der Waals surface area contributed by atoms with Crippen LogP contribution in [0.3, 0.4) is 0 Å². The predicted octanol–water partition coefficient (Wildman–Crippen LogP) is 0.402. The van der Waals surface area contributed by atoms with Crippen LogP contribution in [0.2, 0.25) is 0 Å². The number of carbonyl (C=O) groups is 1. The molecule has 3 heterocycles. The zero-order valence-corrected chi connectivity index (χ0v) is 17.1. The Bertz CT molecular complexity index is 757. The lowest BCUT2D eigenvalue weighted by molar-refractivity contribution is 0.0773. The van der Waals surface area contributed by atoms with Crippen LogP contribution in [-0.2, 0) is 10.2 Å². The Hall–Kier alpha value is -1.49. The second-order valence-corrected chi connectivity index (χ2v) is 9.56. The summed E-state index contributed by atoms with van der Waals surface area (Å²) in [4.78, 5) is 16.6. The highest BCUT2D eigenvalue weighted by molar-refractivity contribution is 7.86. The SMILES string of the molecule is Cc1cc(C(=O)N2CCC(N(CCN3CCCC3)S(=O)(=O)N(C)C)C2)no1. The van der Waals surface area contributed by atoms with Gasteiger partial charge in [0.25, 0.3) is 16.1 Å². The Morgan fingerprint density at radius 1 is 1.30 bits per heavy atom. The van der Waals surface area contributed by atoms with Crippen molar-refractivity contribution in [2.45, 2.75) is 32.2 Å². The monoisotopic (exact) mass is 399 g/mol. The molecule has 10 heteroatoms. The van der Waals surface area contributed by atoms with Gasteiger partial charge in [0.2, 0.25) is 0 Å². The number of likely N-dealkylation sites (tertiary alicyclic amines) is 2. The molecular weight excluding hydrogens is 370 g/mol. The summed E-state index contributed by atoms with van der Waals surface area (Å²) in [6.45, 7) is 5.83. The average molecular weight is 400 g/mol. The Morgan fingerprint density at radius 2 is 2.00 bits per heavy atom. The summed E-state index contributed by atoms with van der Waals surface area (Å²) in [6.07, 6.45) is 2.96. The quantitative estimate of drug-likeness (QED) is 0.659. The smallest absolute Gasteiger partial charge is 0.281 e. The van der Waals surface area contributed by atoms with E-state index in [9.17, 15) is 13.2 Å². The minimum Gasteiger partial charge on any atom is -0.361 e. The molecular formula is C17H29N5O4S. The Balaban J connectivity index is 1.69. The van der Waals surface area contributed by atoms with E-state index in [1.807, 2.05) is 0 Å². The van der Waals surface area contributed by atoms with Gasteiger partial charge < -0.3 is 14.3 Å². The number of carbonyl (C=O) groups excluding carboxylic acids is 1. The molecule has 1 aromatic rings. The molecule has 2 fully saturated rings. The molecule has 0 aromatic carbocycles. The van der Waals surface area contributed by atoms with Gasteiger partial charge in [0.1, 0.15) is 5.76 Å². The van der Waals surface area contributed by atoms with Crippen molar-refractivity contribution in [1.29, 1.82) is 0 Å². The average Bonchev–Trinajstić information content (AvgIpc) is 3.35. The predicted molar refractivity (Wildman–Crippen MR) is 101 cm³/mol. The van der Waals surface area contributed by atoms with Gasteiger partial charge in [-0.05, 0) is 39.3 Å². The van der Waals surface area contributed by atoms with Crippen LogP contribution < -0.4 is 0 Å². The van der Waals surface area contributed by atoms with Gasteiger partial charge in [0.15, 0.2) is 5.69 Å². The summed E-state index contributed by atoms with van der Waals surface area (Å²) >= 11 is 0. The molecule has 0 saturated carbocycles. The van der Waals surface area contributed by atoms with E-state index in [0.717, 1.165) is 19.6 Å². The number of nitrogens with zero attached hydrogens (tertiary/aromatic N) is 5. The van der Waals surface area contributed by atoms with Crippen molar-refractivity contribution < 1.29 is 17.7 Å². The number of rotatable bonds is 7. The molecule has 0 bridgehead atoms. The molecule has 2 saturated heterocycles. The molecule has 27 heavy (non-hydrogen) atoms. The lowest BCUT2D eigenvalue weighted by Crippen LogP contribution is -2.50. The Morgan fingerprint density at radius 3 is 2.59 bits per heavy atom. The van der Waals surface area contributed by atoms with E-state index in [0.29, 0.717) is 31.8 Å². The van der Waals surface area contributed by atoms with Gasteiger partial charge in [0, 0.05) is 52.4 Å². The van der Waals surface area contributed by atoms with Gasteiger partial charge in [-0.1, -0.05) is 5.16 Å². The maximum absolute atomic E-state index is 12.9. The van der Waals surface area contributed by atoms with Crippen molar-refractivity contribution in [3.05, 3.63) is 17.5 Å². The standard InChI is InChI=1S/C17H29N5O4S/c1-14-12-16(18-26-14)17(23)21-9-6-15(13-21)22(27(24,25)19(2)3)11-10-20-7-4-5-8-20/h12,15H,4-11,13H2,1-3H3. The van der Waals surface area contributed by atoms with Crippen LogP contribution in [0, 0.1) is 6.92 Å². The summed E-state index contributed by atoms with van der Waals surface area (Å²) in [5, 5.41) is 3.78. The molecule has 2 aliphatic heterocycles. The van der Waals surface area contributed by atoms with Crippen LogP contribution in [-0.4, -0.2) is 97.3 Å². The highest BCUT2D eigenvalue weighted by Gasteiger charge is 2.38. The summed E-state index contributed by atoms with van der Waals surface area (Å²) in [5.41, 5.74) is 0.271. The van der Waals surface area contributed by atoms with E-state index in [4.69, 9.17) is 4.52 Å². The summed E-state index contributed by atoms with van der Waals surface area (Å²) < 4.78 is 33.5. The van der Waals surface area contributed by atoms with Gasteiger partial charge >= 0.3 is 0 Å². The first-order valence-electron chi connectivity index (χ1n) is 9.43. The number of amides is 1. The molecule has 1 amide bonds. The van der Waals surface area contributed by atoms with E-state index in [1.165, 1.54) is 17.1 Å². The van der Waals surface area contributed by atoms with Crippen molar-refractivity contribution >= 4 is 16.1 Å². The lowest BCUT2D eigenvalue weighted by atomic mass is 10.2. The van der Waals surface area contributed by atoms with E-state index in [2.05, 4.69) is 10.1 Å². The van der Waals surface area contributed by atoms with Crippen molar-refractivity contribution in [3.8, 4) is 0 Å². The molecule has 1 aromatic heterocycles. The van der Waals surface area contributed by atoms with Gasteiger partial charge in [0.05, 0.1) is 0 Å². The second-order valence-electron chi connectivity index (χ2n) is 7.47. The number of aromatic nitrogens is 1. The molecule has 9 nitrogen and oxygen atoms in total. The van der Waals surface area contributed by atoms with Crippen LogP contribution in [0.25, 0.3) is 0 Å². The first-order valence-corrected chi connectivity index (χ1v) is 10.8. The summed E-state index contributed by atoms with van der Waals surface area (Å²) in [6, 6.07) is 1.38. The number of hydrogen-bond donors (Lipinski definition) is 0. The Labute approximate surface area is 161 Å². The van der Waals surface area contributed by atoms with Gasteiger partial charge in [-0.25, -0.2) is 0 Å². The highest BCUT2D eigenvalue weighted by atomic mass is 32.2. The largest absolute Gasteiger partial charge is 0.361 e. The molecule has 3 rings (SSSR count). The van der Waals surface area contributed by atoms with E-state index in [1.54, 1.807) is 36.3 Å². The van der Waals surface area contributed by atoms with Crippen LogP contribution >= 0.6 is 0 Å². The fourth-order valence-corrected chi connectivity index (χ4v) is 5.01. The van der Waals surface area contributed by atoms with Crippen LogP contribution in [0.5, 0.6) is 0 Å². The van der Waals surface area contributed by atoms with Crippen molar-refractivity contribution in [2.75, 3.05) is 53.4 Å². The summed E-state index contributed by atoms with van der Waals surface area (Å²) in [5.74, 6) is 0.368. The van der Waals surface area contributed by atoms with Crippen molar-refractivity contribution in [1.82, 2.24) is 23.6 Å². The molecule has 0 spiro atoms. The zero-order valence-electron chi connectivity index (χ0n) is 16.3. The minimum absolute atomic E-state index is 0.212. The maximum Gasteiger partial charge on any atom is 0.281 e. The molecule has 1 atom stereocenters. The highest BCUT2D eigenvalue weighted by Crippen LogP contribution is 2.22. The number of hydrogen-bond acceptors (Lipinski definition) is 6. The first kappa shape index (κ1) is 20.2. The van der Waals surface area contributed by atoms with Gasteiger partial charge in [-0.3, -0.25) is 4.79 Å². The molecule has 152 valence electrons. The molecule has 2 aliphatic rings. The van der Waals surface area contributed by atoms with Crippen LogP contribution in [0.1, 0.15) is 35.5 Å². The lowest BCUT2D eigenvalue weighted by Gasteiger charge is -2.31. The second kappa shape index (κ2) is 8.26. The van der Waals surface area contributed by atoms with Gasteiger partial charge in [-0.15, -0.1) is 0 Å². The maximum atomic E-state index is 12.9.